The third-order valence-electron chi connectivity index (χ3n) is 4.08. The number of benzene rings is 3. The largest absolute Gasteiger partial charge is 0.436 e. The Labute approximate surface area is 163 Å². The van der Waals surface area contributed by atoms with E-state index in [-0.39, 0.29) is 0 Å². The predicted molar refractivity (Wildman–Crippen MR) is 109 cm³/mol. The molecular formula is C18H11Br3N2O. The number of fused-ring (bicyclic) bond motifs is 2. The van der Waals surface area contributed by atoms with Crippen molar-refractivity contribution >= 4 is 75.3 Å². The molecule has 0 saturated carbocycles. The van der Waals surface area contributed by atoms with E-state index in [1.54, 1.807) is 0 Å². The molecule has 1 aromatic heterocycles. The van der Waals surface area contributed by atoms with Crippen LogP contribution in [-0.2, 0) is 0 Å². The lowest BCUT2D eigenvalue weighted by Crippen LogP contribution is -1.92. The number of oxazole rings is 1. The maximum atomic E-state index is 6.13. The molecule has 24 heavy (non-hydrogen) atoms. The van der Waals surface area contributed by atoms with Crippen LogP contribution < -0.4 is 5.73 Å². The van der Waals surface area contributed by atoms with Gasteiger partial charge in [-0.25, -0.2) is 4.98 Å². The first-order chi connectivity index (χ1) is 11.5. The average molecular weight is 511 g/mol. The van der Waals surface area contributed by atoms with Crippen molar-refractivity contribution in [2.24, 2.45) is 0 Å². The fourth-order valence-electron chi connectivity index (χ4n) is 2.82. The number of rotatable bonds is 1. The molecule has 2 N–H and O–H groups in total. The van der Waals surface area contributed by atoms with Crippen molar-refractivity contribution in [2.75, 3.05) is 5.73 Å². The molecule has 1 heterocycles. The fourth-order valence-corrected chi connectivity index (χ4v) is 4.43. The second-order valence-corrected chi connectivity index (χ2v) is 7.94. The highest BCUT2D eigenvalue weighted by Crippen LogP contribution is 2.41. The number of nitrogens with two attached hydrogens (primary N) is 1. The van der Waals surface area contributed by atoms with Gasteiger partial charge in [0.25, 0.3) is 0 Å². The maximum absolute atomic E-state index is 6.13. The average Bonchev–Trinajstić information content (AvgIpc) is 3.03. The van der Waals surface area contributed by atoms with Crippen LogP contribution in [0.25, 0.3) is 33.3 Å². The number of anilines is 1. The molecule has 4 rings (SSSR count). The highest BCUT2D eigenvalue weighted by molar-refractivity contribution is 9.11. The van der Waals surface area contributed by atoms with Gasteiger partial charge in [0, 0.05) is 20.1 Å². The highest BCUT2D eigenvalue weighted by atomic mass is 79.9. The summed E-state index contributed by atoms with van der Waals surface area (Å²) in [5.74, 6) is 0.579. The van der Waals surface area contributed by atoms with Crippen LogP contribution in [0.15, 0.2) is 54.2 Å². The molecule has 0 aliphatic rings. The van der Waals surface area contributed by atoms with E-state index >= 15 is 0 Å². The quantitative estimate of drug-likeness (QED) is 0.286. The summed E-state index contributed by atoms with van der Waals surface area (Å²) in [5, 5.41) is 2.20. The van der Waals surface area contributed by atoms with E-state index in [9.17, 15) is 0 Å². The number of nitrogen functional groups attached to an aromatic ring is 1. The van der Waals surface area contributed by atoms with E-state index < -0.39 is 0 Å². The van der Waals surface area contributed by atoms with E-state index in [2.05, 4.69) is 59.9 Å². The Bertz CT molecular complexity index is 1070. The zero-order valence-corrected chi connectivity index (χ0v) is 17.3. The molecule has 0 radical (unpaired) electrons. The van der Waals surface area contributed by atoms with Crippen LogP contribution in [-0.4, -0.2) is 4.98 Å². The molecule has 0 atom stereocenters. The number of hydrogen-bond donors (Lipinski definition) is 1. The fraction of sp³-hybridized carbons (Fsp3) is 0.0556. The molecular weight excluding hydrogens is 500 g/mol. The molecule has 3 aromatic carbocycles. The Hall–Kier alpha value is -1.37. The van der Waals surface area contributed by atoms with Crippen molar-refractivity contribution in [3.63, 3.8) is 0 Å². The van der Waals surface area contributed by atoms with Crippen LogP contribution >= 0.6 is 47.8 Å². The molecule has 0 spiro atoms. The number of hydrogen-bond acceptors (Lipinski definition) is 3. The van der Waals surface area contributed by atoms with Gasteiger partial charge in [-0.1, -0.05) is 40.2 Å². The molecule has 0 bridgehead atoms. The van der Waals surface area contributed by atoms with Gasteiger partial charge in [0.2, 0.25) is 5.89 Å². The molecule has 0 aliphatic carbocycles. The number of aromatic nitrogens is 1. The van der Waals surface area contributed by atoms with Crippen molar-refractivity contribution in [3.8, 4) is 11.5 Å². The van der Waals surface area contributed by atoms with Gasteiger partial charge in [0.05, 0.1) is 10.2 Å². The molecule has 4 aromatic rings. The van der Waals surface area contributed by atoms with Crippen LogP contribution in [0.2, 0.25) is 0 Å². The SMILES string of the molecule is Cc1c(Br)c(N)c(Br)c2nc(-c3cccc4c(Br)cccc34)oc12. The van der Waals surface area contributed by atoms with Gasteiger partial charge in [-0.3, -0.25) is 0 Å². The van der Waals surface area contributed by atoms with Gasteiger partial charge in [-0.05, 0) is 61.7 Å². The summed E-state index contributed by atoms with van der Waals surface area (Å²) < 4.78 is 8.72. The lowest BCUT2D eigenvalue weighted by molar-refractivity contribution is 0.618. The first kappa shape index (κ1) is 16.1. The second-order valence-electron chi connectivity index (χ2n) is 5.50. The molecule has 0 fully saturated rings. The van der Waals surface area contributed by atoms with E-state index in [0.717, 1.165) is 46.4 Å². The van der Waals surface area contributed by atoms with E-state index in [1.807, 2.05) is 31.2 Å². The van der Waals surface area contributed by atoms with Crippen molar-refractivity contribution in [1.82, 2.24) is 4.98 Å². The van der Waals surface area contributed by atoms with Crippen molar-refractivity contribution in [3.05, 3.63) is 55.4 Å². The normalized spacial score (nSPS) is 11.5. The van der Waals surface area contributed by atoms with Crippen LogP contribution in [0.5, 0.6) is 0 Å². The molecule has 0 aliphatic heterocycles. The summed E-state index contributed by atoms with van der Waals surface area (Å²) >= 11 is 10.6. The monoisotopic (exact) mass is 508 g/mol. The van der Waals surface area contributed by atoms with Crippen LogP contribution in [0, 0.1) is 6.92 Å². The Morgan fingerprint density at radius 3 is 2.46 bits per heavy atom. The summed E-state index contributed by atoms with van der Waals surface area (Å²) in [4.78, 5) is 4.70. The minimum absolute atomic E-state index is 0.579. The Morgan fingerprint density at radius 2 is 1.67 bits per heavy atom. The van der Waals surface area contributed by atoms with Crippen molar-refractivity contribution < 1.29 is 4.42 Å². The zero-order valence-electron chi connectivity index (χ0n) is 12.5. The molecule has 6 heteroatoms. The Kier molecular flexibility index (Phi) is 3.94. The van der Waals surface area contributed by atoms with Crippen LogP contribution in [0.1, 0.15) is 5.56 Å². The molecule has 120 valence electrons. The number of aryl methyl sites for hydroxylation is 1. The zero-order chi connectivity index (χ0) is 17.0. The summed E-state index contributed by atoms with van der Waals surface area (Å²) in [7, 11) is 0. The summed E-state index contributed by atoms with van der Waals surface area (Å²) in [5.41, 5.74) is 10.1. The smallest absolute Gasteiger partial charge is 0.227 e. The van der Waals surface area contributed by atoms with Gasteiger partial charge >= 0.3 is 0 Å². The van der Waals surface area contributed by atoms with Gasteiger partial charge in [-0.15, -0.1) is 0 Å². The molecule has 0 unspecified atom stereocenters. The predicted octanol–water partition coefficient (Wildman–Crippen LogP) is 6.83. The third-order valence-corrected chi connectivity index (χ3v) is 6.59. The summed E-state index contributed by atoms with van der Waals surface area (Å²) in [6.45, 7) is 1.96. The van der Waals surface area contributed by atoms with E-state index in [0.29, 0.717) is 11.6 Å². The molecule has 0 saturated heterocycles. The highest BCUT2D eigenvalue weighted by Gasteiger charge is 2.19. The number of halogens is 3. The van der Waals surface area contributed by atoms with Crippen LogP contribution in [0.4, 0.5) is 5.69 Å². The third kappa shape index (κ3) is 2.31. The van der Waals surface area contributed by atoms with E-state index in [4.69, 9.17) is 15.1 Å². The van der Waals surface area contributed by atoms with Gasteiger partial charge in [0.1, 0.15) is 5.52 Å². The van der Waals surface area contributed by atoms with Crippen LogP contribution in [0.3, 0.4) is 0 Å². The second kappa shape index (κ2) is 5.86. The topological polar surface area (TPSA) is 52.0 Å². The minimum Gasteiger partial charge on any atom is -0.436 e. The van der Waals surface area contributed by atoms with Crippen molar-refractivity contribution in [2.45, 2.75) is 6.92 Å². The first-order valence-electron chi connectivity index (χ1n) is 7.20. The first-order valence-corrected chi connectivity index (χ1v) is 9.58. The maximum Gasteiger partial charge on any atom is 0.227 e. The van der Waals surface area contributed by atoms with E-state index in [1.165, 1.54) is 0 Å². The minimum atomic E-state index is 0.579. The summed E-state index contributed by atoms with van der Waals surface area (Å²) in [6, 6.07) is 12.2. The standard InChI is InChI=1S/C18H11Br3N2O/c1-8-13(20)15(22)14(21)16-17(8)24-18(23-16)11-6-2-5-10-9(11)4-3-7-12(10)19/h2-7H,22H2,1H3. The lowest BCUT2D eigenvalue weighted by Gasteiger charge is -2.05. The molecule has 3 nitrogen and oxygen atoms in total. The Morgan fingerprint density at radius 1 is 0.958 bits per heavy atom. The number of nitrogens with zero attached hydrogens (tertiary/aromatic N) is 1. The van der Waals surface area contributed by atoms with Crippen molar-refractivity contribution in [1.29, 1.82) is 0 Å². The Balaban J connectivity index is 2.07. The summed E-state index contributed by atoms with van der Waals surface area (Å²) in [6.07, 6.45) is 0. The van der Waals surface area contributed by atoms with Gasteiger partial charge < -0.3 is 10.2 Å². The van der Waals surface area contributed by atoms with Gasteiger partial charge in [-0.2, -0.15) is 0 Å². The van der Waals surface area contributed by atoms with Gasteiger partial charge in [0.15, 0.2) is 5.58 Å². The molecule has 0 amide bonds. The lowest BCUT2D eigenvalue weighted by atomic mass is 10.0.